The summed E-state index contributed by atoms with van der Waals surface area (Å²) in [6, 6.07) is 7.92. The van der Waals surface area contributed by atoms with Gasteiger partial charge in [-0.15, -0.1) is 0 Å². The molecule has 4 heteroatoms. The highest BCUT2D eigenvalue weighted by molar-refractivity contribution is 5.33. The molecule has 0 heterocycles. The van der Waals surface area contributed by atoms with Crippen molar-refractivity contribution in [2.24, 2.45) is 0 Å². The van der Waals surface area contributed by atoms with Crippen LogP contribution in [0.2, 0.25) is 0 Å². The summed E-state index contributed by atoms with van der Waals surface area (Å²) < 4.78 is 10.6. The van der Waals surface area contributed by atoms with E-state index in [-0.39, 0.29) is 6.10 Å². The Labute approximate surface area is 109 Å². The highest BCUT2D eigenvalue weighted by Crippen LogP contribution is 2.18. The second kappa shape index (κ2) is 8.08. The van der Waals surface area contributed by atoms with Crippen molar-refractivity contribution in [1.29, 1.82) is 0 Å². The van der Waals surface area contributed by atoms with Gasteiger partial charge in [0.1, 0.15) is 5.75 Å². The molecular weight excluding hydrogens is 230 g/mol. The monoisotopic (exact) mass is 253 g/mol. The molecule has 0 aliphatic rings. The summed E-state index contributed by atoms with van der Waals surface area (Å²) in [4.78, 5) is 0. The molecule has 18 heavy (non-hydrogen) atoms. The van der Waals surface area contributed by atoms with Gasteiger partial charge in [-0.25, -0.2) is 0 Å². The maximum Gasteiger partial charge on any atom is 0.124 e. The number of aliphatic hydroxyl groups excluding tert-OH is 1. The summed E-state index contributed by atoms with van der Waals surface area (Å²) in [7, 11) is 1.58. The van der Waals surface area contributed by atoms with E-state index >= 15 is 0 Å². The number of rotatable bonds is 8. The van der Waals surface area contributed by atoms with Gasteiger partial charge < -0.3 is 19.9 Å². The molecule has 0 saturated carbocycles. The summed E-state index contributed by atoms with van der Waals surface area (Å²) >= 11 is 0. The van der Waals surface area contributed by atoms with Crippen molar-refractivity contribution in [3.8, 4) is 5.75 Å². The van der Waals surface area contributed by atoms with Gasteiger partial charge in [-0.1, -0.05) is 18.2 Å². The predicted octanol–water partition coefficient (Wildman–Crippen LogP) is 1.57. The lowest BCUT2D eigenvalue weighted by molar-refractivity contribution is 0.0643. The van der Waals surface area contributed by atoms with Crippen molar-refractivity contribution < 1.29 is 14.6 Å². The third-order valence-electron chi connectivity index (χ3n) is 2.39. The molecule has 0 aliphatic carbocycles. The van der Waals surface area contributed by atoms with Crippen molar-refractivity contribution in [3.63, 3.8) is 0 Å². The zero-order chi connectivity index (χ0) is 13.4. The van der Waals surface area contributed by atoms with E-state index in [1.807, 2.05) is 38.1 Å². The average molecular weight is 253 g/mol. The van der Waals surface area contributed by atoms with Crippen LogP contribution >= 0.6 is 0 Å². The first-order valence-corrected chi connectivity index (χ1v) is 6.25. The smallest absolute Gasteiger partial charge is 0.124 e. The van der Waals surface area contributed by atoms with E-state index in [9.17, 15) is 5.11 Å². The standard InChI is InChI=1S/C14H23NO3/c1-11(2)18-14-7-5-4-6-12(14)8-15-9-13(16)10-17-3/h4-7,11,13,15-16H,8-10H2,1-3H3. The summed E-state index contributed by atoms with van der Waals surface area (Å²) in [6.45, 7) is 5.53. The highest BCUT2D eigenvalue weighted by atomic mass is 16.5. The SMILES string of the molecule is COCC(O)CNCc1ccccc1OC(C)C. The van der Waals surface area contributed by atoms with Crippen molar-refractivity contribution in [2.45, 2.75) is 32.6 Å². The van der Waals surface area contributed by atoms with Gasteiger partial charge in [-0.2, -0.15) is 0 Å². The molecule has 0 radical (unpaired) electrons. The topological polar surface area (TPSA) is 50.7 Å². The number of para-hydroxylation sites is 1. The minimum Gasteiger partial charge on any atom is -0.491 e. The van der Waals surface area contributed by atoms with Gasteiger partial charge >= 0.3 is 0 Å². The lowest BCUT2D eigenvalue weighted by Crippen LogP contribution is -2.29. The van der Waals surface area contributed by atoms with Crippen molar-refractivity contribution in [3.05, 3.63) is 29.8 Å². The second-order valence-electron chi connectivity index (χ2n) is 4.51. The first kappa shape index (κ1) is 15.0. The number of ether oxygens (including phenoxy) is 2. The van der Waals surface area contributed by atoms with E-state index < -0.39 is 6.10 Å². The number of aliphatic hydroxyl groups is 1. The van der Waals surface area contributed by atoms with Gasteiger partial charge in [0, 0.05) is 25.8 Å². The number of hydrogen-bond donors (Lipinski definition) is 2. The van der Waals surface area contributed by atoms with Crippen molar-refractivity contribution in [2.75, 3.05) is 20.3 Å². The molecule has 0 bridgehead atoms. The van der Waals surface area contributed by atoms with Crippen molar-refractivity contribution in [1.82, 2.24) is 5.32 Å². The van der Waals surface area contributed by atoms with Gasteiger partial charge in [0.25, 0.3) is 0 Å². The van der Waals surface area contributed by atoms with Crippen LogP contribution in [0.4, 0.5) is 0 Å². The summed E-state index contributed by atoms with van der Waals surface area (Å²) in [6.07, 6.45) is -0.321. The normalized spacial score (nSPS) is 12.7. The maximum atomic E-state index is 9.52. The third-order valence-corrected chi connectivity index (χ3v) is 2.39. The van der Waals surface area contributed by atoms with Gasteiger partial charge in [0.2, 0.25) is 0 Å². The molecule has 1 unspecified atom stereocenters. The molecule has 0 amide bonds. The highest BCUT2D eigenvalue weighted by Gasteiger charge is 2.06. The lowest BCUT2D eigenvalue weighted by Gasteiger charge is -2.15. The number of hydrogen-bond acceptors (Lipinski definition) is 4. The van der Waals surface area contributed by atoms with Crippen LogP contribution < -0.4 is 10.1 Å². The quantitative estimate of drug-likeness (QED) is 0.738. The molecule has 1 rings (SSSR count). The minimum absolute atomic E-state index is 0.158. The number of nitrogens with one attached hydrogen (secondary N) is 1. The van der Waals surface area contributed by atoms with E-state index in [2.05, 4.69) is 5.32 Å². The van der Waals surface area contributed by atoms with Crippen LogP contribution in [0, 0.1) is 0 Å². The Bertz CT molecular complexity index is 342. The molecule has 0 saturated heterocycles. The maximum absolute atomic E-state index is 9.52. The van der Waals surface area contributed by atoms with Crippen LogP contribution in [0.1, 0.15) is 19.4 Å². The Morgan fingerprint density at radius 2 is 2.00 bits per heavy atom. The molecule has 0 spiro atoms. The zero-order valence-electron chi connectivity index (χ0n) is 11.3. The molecule has 0 aromatic heterocycles. The van der Waals surface area contributed by atoms with Crippen molar-refractivity contribution >= 4 is 0 Å². The summed E-state index contributed by atoms with van der Waals surface area (Å²) in [5.41, 5.74) is 1.09. The number of methoxy groups -OCH3 is 1. The van der Waals surface area contributed by atoms with Crippen LogP contribution in [-0.4, -0.2) is 37.6 Å². The Hall–Kier alpha value is -1.10. The van der Waals surface area contributed by atoms with Gasteiger partial charge in [0.15, 0.2) is 0 Å². The zero-order valence-corrected chi connectivity index (χ0v) is 11.3. The Balaban J connectivity index is 2.46. The van der Waals surface area contributed by atoms with Gasteiger partial charge in [-0.3, -0.25) is 0 Å². The van der Waals surface area contributed by atoms with Crippen LogP contribution in [0.5, 0.6) is 5.75 Å². The molecule has 0 fully saturated rings. The molecule has 1 aromatic carbocycles. The van der Waals surface area contributed by atoms with Gasteiger partial charge in [-0.05, 0) is 19.9 Å². The second-order valence-corrected chi connectivity index (χ2v) is 4.51. The van der Waals surface area contributed by atoms with Gasteiger partial charge in [0.05, 0.1) is 18.8 Å². The molecule has 4 nitrogen and oxygen atoms in total. The van der Waals surface area contributed by atoms with E-state index in [0.29, 0.717) is 19.7 Å². The molecule has 102 valence electrons. The molecule has 0 aliphatic heterocycles. The van der Waals surface area contributed by atoms with E-state index in [1.54, 1.807) is 7.11 Å². The fourth-order valence-corrected chi connectivity index (χ4v) is 1.64. The summed E-state index contributed by atoms with van der Waals surface area (Å²) in [5, 5.41) is 12.7. The average Bonchev–Trinajstić information content (AvgIpc) is 2.31. The first-order valence-electron chi connectivity index (χ1n) is 6.25. The largest absolute Gasteiger partial charge is 0.491 e. The van der Waals surface area contributed by atoms with Crippen LogP contribution in [-0.2, 0) is 11.3 Å². The Morgan fingerprint density at radius 3 is 2.67 bits per heavy atom. The van der Waals surface area contributed by atoms with Crippen LogP contribution in [0.3, 0.4) is 0 Å². The Kier molecular flexibility index (Phi) is 6.72. The van der Waals surface area contributed by atoms with E-state index in [4.69, 9.17) is 9.47 Å². The van der Waals surface area contributed by atoms with E-state index in [1.165, 1.54) is 0 Å². The van der Waals surface area contributed by atoms with Crippen LogP contribution in [0.25, 0.3) is 0 Å². The summed E-state index contributed by atoms with van der Waals surface area (Å²) in [5.74, 6) is 0.890. The number of benzene rings is 1. The minimum atomic E-state index is -0.479. The lowest BCUT2D eigenvalue weighted by atomic mass is 10.2. The first-order chi connectivity index (χ1) is 8.63. The molecule has 2 N–H and O–H groups in total. The van der Waals surface area contributed by atoms with E-state index in [0.717, 1.165) is 11.3 Å². The fourth-order valence-electron chi connectivity index (χ4n) is 1.64. The fraction of sp³-hybridized carbons (Fsp3) is 0.571. The Morgan fingerprint density at radius 1 is 1.28 bits per heavy atom. The predicted molar refractivity (Wildman–Crippen MR) is 71.8 cm³/mol. The molecule has 1 aromatic rings. The molecular formula is C14H23NO3. The third kappa shape index (κ3) is 5.49. The molecule has 1 atom stereocenters. The van der Waals surface area contributed by atoms with Crippen LogP contribution in [0.15, 0.2) is 24.3 Å².